The van der Waals surface area contributed by atoms with Crippen LogP contribution in [0.4, 0.5) is 17.6 Å². The molecule has 7 heteroatoms. The van der Waals surface area contributed by atoms with E-state index in [9.17, 15) is 22.4 Å². The van der Waals surface area contributed by atoms with Gasteiger partial charge in [0.15, 0.2) is 0 Å². The van der Waals surface area contributed by atoms with E-state index in [1.54, 1.807) is 0 Å². The van der Waals surface area contributed by atoms with Crippen molar-refractivity contribution in [3.8, 4) is 0 Å². The predicted octanol–water partition coefficient (Wildman–Crippen LogP) is 2.11. The molecule has 1 aromatic carbocycles. The first-order chi connectivity index (χ1) is 8.75. The number of halogens is 4. The fourth-order valence-corrected chi connectivity index (χ4v) is 1.81. The van der Waals surface area contributed by atoms with Gasteiger partial charge in [0.05, 0.1) is 0 Å². The topological polar surface area (TPSA) is 55.1 Å². The Kier molecular flexibility index (Phi) is 3.25. The zero-order valence-corrected chi connectivity index (χ0v) is 9.85. The minimum atomic E-state index is -4.36. The van der Waals surface area contributed by atoms with Crippen LogP contribution in [-0.4, -0.2) is 17.6 Å². The molecule has 0 radical (unpaired) electrons. The first-order valence-electron chi connectivity index (χ1n) is 5.65. The summed E-state index contributed by atoms with van der Waals surface area (Å²) in [5.41, 5.74) is 3.18. The summed E-state index contributed by atoms with van der Waals surface area (Å²) in [5, 5.41) is 2.32. The molecule has 19 heavy (non-hydrogen) atoms. The molecule has 0 heterocycles. The van der Waals surface area contributed by atoms with Gasteiger partial charge in [-0.05, 0) is 31.0 Å². The summed E-state index contributed by atoms with van der Waals surface area (Å²) in [5.74, 6) is -1.42. The molecular formula is C12H12F4N2O. The third-order valence-corrected chi connectivity index (χ3v) is 3.24. The van der Waals surface area contributed by atoms with Crippen LogP contribution >= 0.6 is 0 Å². The smallest absolute Gasteiger partial charge is 0.366 e. The monoisotopic (exact) mass is 276 g/mol. The van der Waals surface area contributed by atoms with Crippen LogP contribution in [0.2, 0.25) is 0 Å². The second-order valence-corrected chi connectivity index (χ2v) is 4.60. The Hall–Kier alpha value is -1.63. The van der Waals surface area contributed by atoms with Crippen molar-refractivity contribution in [3.05, 3.63) is 35.1 Å². The minimum Gasteiger partial charge on any atom is -0.366 e. The van der Waals surface area contributed by atoms with Crippen LogP contribution in [0.5, 0.6) is 0 Å². The van der Waals surface area contributed by atoms with Crippen LogP contribution in [0.15, 0.2) is 18.2 Å². The van der Waals surface area contributed by atoms with E-state index in [2.05, 4.69) is 5.32 Å². The van der Waals surface area contributed by atoms with E-state index in [0.29, 0.717) is 0 Å². The normalized spacial score (nSPS) is 17.3. The molecule has 0 spiro atoms. The number of hydrogen-bond acceptors (Lipinski definition) is 2. The molecule has 0 aliphatic heterocycles. The molecule has 1 fully saturated rings. The number of rotatable bonds is 4. The Morgan fingerprint density at radius 2 is 2.00 bits per heavy atom. The fraction of sp³-hybridized carbons (Fsp3) is 0.417. The van der Waals surface area contributed by atoms with Crippen molar-refractivity contribution >= 4 is 5.91 Å². The number of nitrogens with two attached hydrogens (primary N) is 1. The Bertz CT molecular complexity index is 509. The molecule has 1 aromatic rings. The van der Waals surface area contributed by atoms with Gasteiger partial charge in [0.1, 0.15) is 11.4 Å². The van der Waals surface area contributed by atoms with Gasteiger partial charge in [0, 0.05) is 17.7 Å². The third kappa shape index (κ3) is 2.70. The summed E-state index contributed by atoms with van der Waals surface area (Å²) in [6, 6.07) is 3.37. The highest BCUT2D eigenvalue weighted by Gasteiger charge is 2.62. The number of amides is 1. The predicted molar refractivity (Wildman–Crippen MR) is 59.8 cm³/mol. The van der Waals surface area contributed by atoms with Gasteiger partial charge in [-0.1, -0.05) is 0 Å². The van der Waals surface area contributed by atoms with Crippen LogP contribution < -0.4 is 11.1 Å². The summed E-state index contributed by atoms with van der Waals surface area (Å²) in [4.78, 5) is 10.9. The van der Waals surface area contributed by atoms with E-state index in [1.165, 1.54) is 6.07 Å². The summed E-state index contributed by atoms with van der Waals surface area (Å²) >= 11 is 0. The minimum absolute atomic E-state index is 0.00757. The van der Waals surface area contributed by atoms with Crippen molar-refractivity contribution in [1.82, 2.24) is 5.32 Å². The molecule has 3 N–H and O–H groups in total. The van der Waals surface area contributed by atoms with Crippen LogP contribution in [0.3, 0.4) is 0 Å². The van der Waals surface area contributed by atoms with Crippen molar-refractivity contribution in [2.24, 2.45) is 5.73 Å². The largest absolute Gasteiger partial charge is 0.406 e. The van der Waals surface area contributed by atoms with E-state index >= 15 is 0 Å². The Morgan fingerprint density at radius 1 is 1.37 bits per heavy atom. The van der Waals surface area contributed by atoms with E-state index in [1.807, 2.05) is 0 Å². The van der Waals surface area contributed by atoms with E-state index in [-0.39, 0.29) is 30.5 Å². The lowest BCUT2D eigenvalue weighted by Gasteiger charge is -2.21. The number of benzene rings is 1. The molecule has 0 unspecified atom stereocenters. The average molecular weight is 276 g/mol. The molecule has 2 rings (SSSR count). The number of primary amides is 1. The molecule has 1 amide bonds. The quantitative estimate of drug-likeness (QED) is 0.827. The van der Waals surface area contributed by atoms with Gasteiger partial charge in [-0.25, -0.2) is 4.39 Å². The molecule has 0 atom stereocenters. The second-order valence-electron chi connectivity index (χ2n) is 4.60. The van der Waals surface area contributed by atoms with Crippen LogP contribution in [0, 0.1) is 5.82 Å². The molecule has 1 aliphatic carbocycles. The van der Waals surface area contributed by atoms with Gasteiger partial charge in [0.25, 0.3) is 0 Å². The molecule has 104 valence electrons. The number of nitrogens with one attached hydrogen (secondary N) is 1. The Labute approximate surface area is 106 Å². The standard InChI is InChI=1S/C12H12F4N2O/c13-9-2-1-7(10(17)19)5-8(9)6-18-11(3-4-11)12(14,15)16/h1-2,5,18H,3-4,6H2,(H2,17,19). The highest BCUT2D eigenvalue weighted by molar-refractivity contribution is 5.92. The van der Waals surface area contributed by atoms with Crippen molar-refractivity contribution in [3.63, 3.8) is 0 Å². The van der Waals surface area contributed by atoms with Crippen molar-refractivity contribution in [2.45, 2.75) is 31.1 Å². The van der Waals surface area contributed by atoms with Crippen molar-refractivity contribution in [1.29, 1.82) is 0 Å². The highest BCUT2D eigenvalue weighted by Crippen LogP contribution is 2.49. The van der Waals surface area contributed by atoms with Gasteiger partial charge >= 0.3 is 6.18 Å². The summed E-state index contributed by atoms with van der Waals surface area (Å²) < 4.78 is 51.5. The molecule has 0 bridgehead atoms. The fourth-order valence-electron chi connectivity index (χ4n) is 1.81. The molecule has 1 saturated carbocycles. The number of carbonyl (C=O) groups excluding carboxylic acids is 1. The zero-order valence-electron chi connectivity index (χ0n) is 9.85. The van der Waals surface area contributed by atoms with Crippen molar-refractivity contribution < 1.29 is 22.4 Å². The maximum absolute atomic E-state index is 13.5. The Morgan fingerprint density at radius 3 is 2.47 bits per heavy atom. The lowest BCUT2D eigenvalue weighted by atomic mass is 10.1. The highest BCUT2D eigenvalue weighted by atomic mass is 19.4. The number of alkyl halides is 3. The first kappa shape index (κ1) is 13.8. The summed E-state index contributed by atoms with van der Waals surface area (Å²) in [7, 11) is 0. The third-order valence-electron chi connectivity index (χ3n) is 3.24. The molecule has 3 nitrogen and oxygen atoms in total. The van der Waals surface area contributed by atoms with Crippen molar-refractivity contribution in [2.75, 3.05) is 0 Å². The van der Waals surface area contributed by atoms with E-state index in [0.717, 1.165) is 12.1 Å². The van der Waals surface area contributed by atoms with Crippen LogP contribution in [0.25, 0.3) is 0 Å². The zero-order chi connectivity index (χ0) is 14.3. The first-order valence-corrected chi connectivity index (χ1v) is 5.65. The molecule has 1 aliphatic rings. The van der Waals surface area contributed by atoms with Gasteiger partial charge in [-0.2, -0.15) is 13.2 Å². The maximum Gasteiger partial charge on any atom is 0.406 e. The number of carbonyl (C=O) groups is 1. The summed E-state index contributed by atoms with van der Waals surface area (Å²) in [6.07, 6.45) is -4.40. The molecule has 0 aromatic heterocycles. The van der Waals surface area contributed by atoms with Gasteiger partial charge in [-0.15, -0.1) is 0 Å². The average Bonchev–Trinajstić information content (AvgIpc) is 3.08. The molecular weight excluding hydrogens is 264 g/mol. The summed E-state index contributed by atoms with van der Waals surface area (Å²) in [6.45, 7) is -0.299. The Balaban J connectivity index is 2.12. The van der Waals surface area contributed by atoms with Crippen LogP contribution in [-0.2, 0) is 6.54 Å². The van der Waals surface area contributed by atoms with Gasteiger partial charge in [-0.3, -0.25) is 10.1 Å². The SMILES string of the molecule is NC(=O)c1ccc(F)c(CNC2(C(F)(F)F)CC2)c1. The van der Waals surface area contributed by atoms with Gasteiger partial charge in [0.2, 0.25) is 5.91 Å². The lowest BCUT2D eigenvalue weighted by Crippen LogP contribution is -2.44. The van der Waals surface area contributed by atoms with E-state index < -0.39 is 23.4 Å². The van der Waals surface area contributed by atoms with Gasteiger partial charge < -0.3 is 5.73 Å². The second kappa shape index (κ2) is 4.48. The van der Waals surface area contributed by atoms with Crippen LogP contribution in [0.1, 0.15) is 28.8 Å². The van der Waals surface area contributed by atoms with E-state index in [4.69, 9.17) is 5.73 Å². The number of hydrogen-bond donors (Lipinski definition) is 2. The lowest BCUT2D eigenvalue weighted by molar-refractivity contribution is -0.166. The maximum atomic E-state index is 13.5. The molecule has 0 saturated heterocycles.